The van der Waals surface area contributed by atoms with Crippen LogP contribution in [0.3, 0.4) is 0 Å². The van der Waals surface area contributed by atoms with Gasteiger partial charge in [0.15, 0.2) is 0 Å². The molecule has 1 aliphatic rings. The lowest BCUT2D eigenvalue weighted by atomic mass is 9.96. The highest BCUT2D eigenvalue weighted by atomic mass is 32.1. The molecule has 4 rings (SSSR count). The first kappa shape index (κ1) is 17.8. The van der Waals surface area contributed by atoms with Gasteiger partial charge in [-0.1, -0.05) is 17.5 Å². The number of imidazole rings is 1. The second-order valence-corrected chi connectivity index (χ2v) is 7.52. The van der Waals surface area contributed by atoms with Crippen molar-refractivity contribution in [1.29, 1.82) is 0 Å². The van der Waals surface area contributed by atoms with Crippen LogP contribution in [0.4, 0.5) is 0 Å². The third-order valence-corrected chi connectivity index (χ3v) is 5.74. The highest BCUT2D eigenvalue weighted by Crippen LogP contribution is 2.28. The van der Waals surface area contributed by atoms with Gasteiger partial charge >= 0.3 is 0 Å². The van der Waals surface area contributed by atoms with Crippen LogP contribution in [0.15, 0.2) is 36.9 Å². The summed E-state index contributed by atoms with van der Waals surface area (Å²) in [6.45, 7) is 4.21. The molecule has 0 aromatic carbocycles. The Morgan fingerprint density at radius 2 is 2.30 bits per heavy atom. The number of hydrogen-bond donors (Lipinski definition) is 0. The number of carbonyl (C=O) groups excluding carboxylic acids is 1. The third-order valence-electron chi connectivity index (χ3n) is 4.98. The molecule has 1 fully saturated rings. The summed E-state index contributed by atoms with van der Waals surface area (Å²) in [7, 11) is 0. The molecule has 3 aromatic rings. The van der Waals surface area contributed by atoms with Crippen molar-refractivity contribution < 1.29 is 4.79 Å². The van der Waals surface area contributed by atoms with Crippen molar-refractivity contribution in [2.45, 2.75) is 38.6 Å². The number of carbonyl (C=O) groups is 1. The topological polar surface area (TPSA) is 76.8 Å². The highest BCUT2D eigenvalue weighted by Gasteiger charge is 2.30. The van der Waals surface area contributed by atoms with Gasteiger partial charge in [-0.3, -0.25) is 9.78 Å². The molecule has 0 spiro atoms. The summed E-state index contributed by atoms with van der Waals surface area (Å²) in [5.74, 6) is 1.33. The molecule has 0 radical (unpaired) electrons. The fourth-order valence-corrected chi connectivity index (χ4v) is 4.34. The molecule has 0 saturated carbocycles. The summed E-state index contributed by atoms with van der Waals surface area (Å²) < 4.78 is 6.13. The maximum atomic E-state index is 13.0. The molecule has 0 N–H and O–H groups in total. The molecule has 0 unspecified atom stereocenters. The van der Waals surface area contributed by atoms with Gasteiger partial charge in [-0.05, 0) is 42.4 Å². The Kier molecular flexibility index (Phi) is 5.24. The summed E-state index contributed by atoms with van der Waals surface area (Å²) in [5.41, 5.74) is 1.94. The van der Waals surface area contributed by atoms with E-state index >= 15 is 0 Å². The Balaban J connectivity index is 1.51. The van der Waals surface area contributed by atoms with E-state index in [4.69, 9.17) is 0 Å². The fourth-order valence-electron chi connectivity index (χ4n) is 3.62. The normalized spacial score (nSPS) is 17.2. The second kappa shape index (κ2) is 7.96. The molecule has 7 nitrogen and oxygen atoms in total. The molecule has 3 aromatic heterocycles. The van der Waals surface area contributed by atoms with E-state index in [0.29, 0.717) is 11.4 Å². The lowest BCUT2D eigenvalue weighted by Gasteiger charge is -2.32. The van der Waals surface area contributed by atoms with Crippen LogP contribution in [0.25, 0.3) is 0 Å². The van der Waals surface area contributed by atoms with E-state index in [0.717, 1.165) is 49.4 Å². The van der Waals surface area contributed by atoms with Crippen LogP contribution in [-0.2, 0) is 13.0 Å². The van der Waals surface area contributed by atoms with Gasteiger partial charge in [0.1, 0.15) is 10.7 Å². The molecule has 1 saturated heterocycles. The molecule has 140 valence electrons. The van der Waals surface area contributed by atoms with E-state index in [1.165, 1.54) is 11.5 Å². The Morgan fingerprint density at radius 1 is 1.37 bits per heavy atom. The van der Waals surface area contributed by atoms with Gasteiger partial charge < -0.3 is 9.47 Å². The van der Waals surface area contributed by atoms with Gasteiger partial charge in [0, 0.05) is 43.8 Å². The largest absolute Gasteiger partial charge is 0.337 e. The van der Waals surface area contributed by atoms with Gasteiger partial charge in [0.05, 0.1) is 12.2 Å². The lowest BCUT2D eigenvalue weighted by molar-refractivity contribution is 0.0707. The van der Waals surface area contributed by atoms with Gasteiger partial charge in [-0.25, -0.2) is 4.98 Å². The SMILES string of the molecule is CCc1nnsc1C(=O)N1CCC[C@H](c2nccn2Cc2cccnc2)C1. The lowest BCUT2D eigenvalue weighted by Crippen LogP contribution is -2.39. The Hall–Kier alpha value is -2.61. The first-order valence-corrected chi connectivity index (χ1v) is 10.0. The van der Waals surface area contributed by atoms with Gasteiger partial charge in [0.2, 0.25) is 0 Å². The van der Waals surface area contributed by atoms with E-state index in [-0.39, 0.29) is 11.8 Å². The monoisotopic (exact) mass is 382 g/mol. The average Bonchev–Trinajstić information content (AvgIpc) is 3.37. The minimum absolute atomic E-state index is 0.0527. The number of aryl methyl sites for hydroxylation is 1. The van der Waals surface area contributed by atoms with Gasteiger partial charge in [-0.2, -0.15) is 0 Å². The third kappa shape index (κ3) is 3.75. The standard InChI is InChI=1S/C19H22N6OS/c1-2-16-17(27-23-22-16)19(26)25-9-4-6-15(13-25)18-21-8-10-24(18)12-14-5-3-7-20-11-14/h3,5,7-8,10-11,15H,2,4,6,9,12-13H2,1H3/t15-/m0/s1. The van der Waals surface area contributed by atoms with Crippen LogP contribution < -0.4 is 0 Å². The first-order chi connectivity index (χ1) is 13.3. The number of aromatic nitrogens is 5. The van der Waals surface area contributed by atoms with E-state index in [9.17, 15) is 4.79 Å². The second-order valence-electron chi connectivity index (χ2n) is 6.77. The maximum absolute atomic E-state index is 13.0. The summed E-state index contributed by atoms with van der Waals surface area (Å²) in [5, 5.41) is 4.08. The smallest absolute Gasteiger partial charge is 0.267 e. The maximum Gasteiger partial charge on any atom is 0.267 e. The minimum atomic E-state index is 0.0527. The van der Waals surface area contributed by atoms with Crippen LogP contribution in [0.5, 0.6) is 0 Å². The molecule has 1 atom stereocenters. The number of amides is 1. The zero-order chi connectivity index (χ0) is 18.6. The zero-order valence-corrected chi connectivity index (χ0v) is 16.1. The molecule has 1 amide bonds. The van der Waals surface area contributed by atoms with E-state index < -0.39 is 0 Å². The van der Waals surface area contributed by atoms with Crippen LogP contribution >= 0.6 is 11.5 Å². The quantitative estimate of drug-likeness (QED) is 0.678. The number of pyridine rings is 1. The van der Waals surface area contributed by atoms with Crippen molar-refractivity contribution in [2.24, 2.45) is 0 Å². The number of piperidine rings is 1. The Morgan fingerprint density at radius 3 is 3.11 bits per heavy atom. The summed E-state index contributed by atoms with van der Waals surface area (Å²) in [4.78, 5) is 24.4. The summed E-state index contributed by atoms with van der Waals surface area (Å²) >= 11 is 1.20. The van der Waals surface area contributed by atoms with Crippen molar-refractivity contribution >= 4 is 17.4 Å². The van der Waals surface area contributed by atoms with Crippen LogP contribution in [0.2, 0.25) is 0 Å². The molecule has 4 heterocycles. The minimum Gasteiger partial charge on any atom is -0.337 e. The molecule has 0 aliphatic carbocycles. The van der Waals surface area contributed by atoms with E-state index in [2.05, 4.69) is 30.2 Å². The van der Waals surface area contributed by atoms with Crippen LogP contribution in [-0.4, -0.2) is 48.0 Å². The molecule has 27 heavy (non-hydrogen) atoms. The predicted molar refractivity (Wildman–Crippen MR) is 103 cm³/mol. The van der Waals surface area contributed by atoms with Crippen molar-refractivity contribution in [3.05, 3.63) is 58.9 Å². The van der Waals surface area contributed by atoms with E-state index in [1.54, 1.807) is 6.20 Å². The number of nitrogens with zero attached hydrogens (tertiary/aromatic N) is 6. The summed E-state index contributed by atoms with van der Waals surface area (Å²) in [6.07, 6.45) is 10.2. The Labute approximate surface area is 162 Å². The van der Waals surface area contributed by atoms with E-state index in [1.807, 2.05) is 36.5 Å². The van der Waals surface area contributed by atoms with Gasteiger partial charge in [0.25, 0.3) is 5.91 Å². The van der Waals surface area contributed by atoms with Crippen LogP contribution in [0, 0.1) is 0 Å². The predicted octanol–water partition coefficient (Wildman–Crippen LogP) is 2.76. The molecule has 0 bridgehead atoms. The zero-order valence-electron chi connectivity index (χ0n) is 15.3. The first-order valence-electron chi connectivity index (χ1n) is 9.26. The molecule has 1 aliphatic heterocycles. The molecular weight excluding hydrogens is 360 g/mol. The van der Waals surface area contributed by atoms with Crippen molar-refractivity contribution in [3.63, 3.8) is 0 Å². The van der Waals surface area contributed by atoms with Crippen molar-refractivity contribution in [3.8, 4) is 0 Å². The number of hydrogen-bond acceptors (Lipinski definition) is 6. The molecule has 8 heteroatoms. The highest BCUT2D eigenvalue weighted by molar-refractivity contribution is 7.08. The average molecular weight is 382 g/mol. The number of likely N-dealkylation sites (tertiary alicyclic amines) is 1. The number of rotatable bonds is 5. The Bertz CT molecular complexity index is 906. The van der Waals surface area contributed by atoms with Crippen LogP contribution in [0.1, 0.15) is 52.4 Å². The summed E-state index contributed by atoms with van der Waals surface area (Å²) in [6, 6.07) is 4.01. The van der Waals surface area contributed by atoms with Crippen molar-refractivity contribution in [1.82, 2.24) is 29.0 Å². The van der Waals surface area contributed by atoms with Gasteiger partial charge in [-0.15, -0.1) is 5.10 Å². The van der Waals surface area contributed by atoms with Crippen molar-refractivity contribution in [2.75, 3.05) is 13.1 Å². The molecular formula is C19H22N6OS. The fraction of sp³-hybridized carbons (Fsp3) is 0.421.